The van der Waals surface area contributed by atoms with Crippen molar-refractivity contribution in [3.8, 4) is 22.4 Å². The van der Waals surface area contributed by atoms with Crippen LogP contribution in [-0.2, 0) is 20.1 Å². The zero-order valence-electron chi connectivity index (χ0n) is 19.4. The summed E-state index contributed by atoms with van der Waals surface area (Å²) in [5.74, 6) is 0. The third-order valence-electron chi connectivity index (χ3n) is 6.47. The number of hydrogen-bond donors (Lipinski definition) is 0. The van der Waals surface area contributed by atoms with E-state index in [4.69, 9.17) is 11.6 Å². The van der Waals surface area contributed by atoms with Gasteiger partial charge < -0.3 is 4.98 Å². The molecule has 6 aromatic rings. The second-order valence-electron chi connectivity index (χ2n) is 8.83. The van der Waals surface area contributed by atoms with Crippen LogP contribution in [-0.4, -0.2) is 4.98 Å². The van der Waals surface area contributed by atoms with Crippen LogP contribution < -0.4 is 0 Å². The van der Waals surface area contributed by atoms with Crippen molar-refractivity contribution in [3.63, 3.8) is 0 Å². The Morgan fingerprint density at radius 1 is 0.714 bits per heavy atom. The van der Waals surface area contributed by atoms with E-state index in [1.54, 1.807) is 0 Å². The number of benzene rings is 5. The van der Waals surface area contributed by atoms with Crippen molar-refractivity contribution in [2.45, 2.75) is 13.8 Å². The van der Waals surface area contributed by atoms with Gasteiger partial charge in [-0.05, 0) is 67.3 Å². The fraction of sp³-hybridized carbons (Fsp3) is 0.0625. The van der Waals surface area contributed by atoms with Gasteiger partial charge in [0.05, 0.1) is 6.57 Å². The molecule has 0 spiro atoms. The van der Waals surface area contributed by atoms with Gasteiger partial charge in [0.1, 0.15) is 0 Å². The molecule has 35 heavy (non-hydrogen) atoms. The predicted molar refractivity (Wildman–Crippen MR) is 142 cm³/mol. The number of fused-ring (bicyclic) bond motifs is 5. The van der Waals surface area contributed by atoms with Gasteiger partial charge in [0.25, 0.3) is 0 Å². The predicted octanol–water partition coefficient (Wildman–Crippen LogP) is 8.84. The molecule has 0 aliphatic rings. The molecular weight excluding hydrogens is 605 g/mol. The van der Waals surface area contributed by atoms with Crippen LogP contribution in [0.4, 0.5) is 5.69 Å². The SMILES string of the molecule is [C-]#[N+]c1cccc(-c2ccc3c(ccc4c5ccnc(-c6[c-]c(C)cc(C)c6)c5ccc34)c2)c1.[Ir]. The maximum Gasteiger partial charge on any atom is 0.187 e. The summed E-state index contributed by atoms with van der Waals surface area (Å²) in [6.07, 6.45) is 1.90. The van der Waals surface area contributed by atoms with Crippen LogP contribution in [0.3, 0.4) is 0 Å². The monoisotopic (exact) mass is 626 g/mol. The summed E-state index contributed by atoms with van der Waals surface area (Å²) in [4.78, 5) is 8.31. The smallest absolute Gasteiger partial charge is 0.187 e. The molecule has 0 saturated heterocycles. The summed E-state index contributed by atoms with van der Waals surface area (Å²) in [6.45, 7) is 11.5. The zero-order valence-corrected chi connectivity index (χ0v) is 21.8. The number of rotatable bonds is 2. The molecule has 1 heterocycles. The fourth-order valence-corrected chi connectivity index (χ4v) is 4.98. The van der Waals surface area contributed by atoms with E-state index >= 15 is 0 Å². The van der Waals surface area contributed by atoms with E-state index in [9.17, 15) is 0 Å². The van der Waals surface area contributed by atoms with E-state index < -0.39 is 0 Å². The Bertz CT molecular complexity index is 1770. The van der Waals surface area contributed by atoms with Crippen molar-refractivity contribution in [1.82, 2.24) is 4.98 Å². The number of aryl methyl sites for hydroxylation is 2. The van der Waals surface area contributed by atoms with Gasteiger partial charge in [-0.1, -0.05) is 68.4 Å². The molecule has 0 aliphatic carbocycles. The van der Waals surface area contributed by atoms with E-state index in [0.717, 1.165) is 33.3 Å². The minimum absolute atomic E-state index is 0. The first kappa shape index (κ1) is 22.9. The summed E-state index contributed by atoms with van der Waals surface area (Å²) in [5, 5.41) is 7.21. The Balaban J connectivity index is 0.00000253. The van der Waals surface area contributed by atoms with Gasteiger partial charge in [0.15, 0.2) is 5.69 Å². The van der Waals surface area contributed by atoms with Gasteiger partial charge in [-0.3, -0.25) is 0 Å². The molecule has 0 atom stereocenters. The van der Waals surface area contributed by atoms with Gasteiger partial charge in [-0.15, -0.1) is 34.9 Å². The molecule has 0 aliphatic heterocycles. The van der Waals surface area contributed by atoms with Crippen molar-refractivity contribution < 1.29 is 20.1 Å². The Labute approximate surface area is 218 Å². The Morgan fingerprint density at radius 2 is 1.43 bits per heavy atom. The van der Waals surface area contributed by atoms with Crippen molar-refractivity contribution in [1.29, 1.82) is 0 Å². The minimum atomic E-state index is 0. The van der Waals surface area contributed by atoms with Crippen molar-refractivity contribution in [3.05, 3.63) is 120 Å². The Kier molecular flexibility index (Phi) is 5.95. The molecule has 0 saturated carbocycles. The van der Waals surface area contributed by atoms with E-state index in [-0.39, 0.29) is 20.1 Å². The van der Waals surface area contributed by atoms with Gasteiger partial charge in [0.2, 0.25) is 0 Å². The standard InChI is InChI=1S/C32H21N2.Ir/c1-20-15-21(2)17-25(16-20)32-31-12-11-28-27-9-7-23(22-5-4-6-26(19-22)33-3)18-24(27)8-10-29(28)30(31)13-14-34-32;/h4-16,18-19H,1-2H3;/q-1;. The van der Waals surface area contributed by atoms with Crippen LogP contribution in [0.2, 0.25) is 0 Å². The Hall–Kier alpha value is -3.83. The number of pyridine rings is 1. The molecule has 2 nitrogen and oxygen atoms in total. The molecule has 1 aromatic heterocycles. The molecule has 3 heteroatoms. The molecule has 6 rings (SSSR count). The van der Waals surface area contributed by atoms with Gasteiger partial charge >= 0.3 is 0 Å². The minimum Gasteiger partial charge on any atom is -0.304 e. The maximum atomic E-state index is 7.30. The van der Waals surface area contributed by atoms with Crippen molar-refractivity contribution in [2.75, 3.05) is 0 Å². The molecule has 0 N–H and O–H groups in total. The molecule has 0 fully saturated rings. The summed E-state index contributed by atoms with van der Waals surface area (Å²) in [6, 6.07) is 33.1. The number of hydrogen-bond acceptors (Lipinski definition) is 1. The fourth-order valence-electron chi connectivity index (χ4n) is 4.98. The number of nitrogens with zero attached hydrogens (tertiary/aromatic N) is 2. The van der Waals surface area contributed by atoms with Crippen LogP contribution in [0.25, 0.3) is 59.5 Å². The molecule has 0 bridgehead atoms. The van der Waals surface area contributed by atoms with E-state index in [1.807, 2.05) is 24.4 Å². The normalized spacial score (nSPS) is 10.9. The third kappa shape index (κ3) is 4.02. The molecule has 0 unspecified atom stereocenters. The van der Waals surface area contributed by atoms with Crippen molar-refractivity contribution >= 4 is 38.0 Å². The molecule has 1 radical (unpaired) electrons. The van der Waals surface area contributed by atoms with E-state index in [0.29, 0.717) is 5.69 Å². The number of aromatic nitrogens is 1. The first-order valence-corrected chi connectivity index (χ1v) is 11.3. The molecule has 169 valence electrons. The third-order valence-corrected chi connectivity index (χ3v) is 6.47. The van der Waals surface area contributed by atoms with Crippen LogP contribution in [0, 0.1) is 26.5 Å². The first-order valence-electron chi connectivity index (χ1n) is 11.3. The summed E-state index contributed by atoms with van der Waals surface area (Å²) in [7, 11) is 0. The topological polar surface area (TPSA) is 17.2 Å². The zero-order chi connectivity index (χ0) is 23.2. The van der Waals surface area contributed by atoms with Gasteiger partial charge in [0, 0.05) is 26.3 Å². The van der Waals surface area contributed by atoms with Crippen LogP contribution >= 0.6 is 0 Å². The molecule has 5 aromatic carbocycles. The second-order valence-corrected chi connectivity index (χ2v) is 8.83. The van der Waals surface area contributed by atoms with E-state index in [1.165, 1.54) is 32.5 Å². The Morgan fingerprint density at radius 3 is 2.26 bits per heavy atom. The largest absolute Gasteiger partial charge is 0.304 e. The van der Waals surface area contributed by atoms with Crippen molar-refractivity contribution in [2.24, 2.45) is 0 Å². The van der Waals surface area contributed by atoms with Crippen LogP contribution in [0.1, 0.15) is 11.1 Å². The van der Waals surface area contributed by atoms with E-state index in [2.05, 4.69) is 91.5 Å². The molecular formula is C32H21IrN2-. The molecule has 0 amide bonds. The second kappa shape index (κ2) is 9.08. The summed E-state index contributed by atoms with van der Waals surface area (Å²) in [5.41, 5.74) is 7.20. The van der Waals surface area contributed by atoms with Gasteiger partial charge in [-0.25, -0.2) is 4.85 Å². The average molecular weight is 626 g/mol. The average Bonchev–Trinajstić information content (AvgIpc) is 2.87. The van der Waals surface area contributed by atoms with Gasteiger partial charge in [-0.2, -0.15) is 0 Å². The van der Waals surface area contributed by atoms with Crippen LogP contribution in [0.15, 0.2) is 91.1 Å². The summed E-state index contributed by atoms with van der Waals surface area (Å²) < 4.78 is 0. The van der Waals surface area contributed by atoms with Crippen LogP contribution in [0.5, 0.6) is 0 Å². The maximum absolute atomic E-state index is 7.30. The summed E-state index contributed by atoms with van der Waals surface area (Å²) >= 11 is 0. The first-order chi connectivity index (χ1) is 16.6. The quantitative estimate of drug-likeness (QED) is 0.139.